The first kappa shape index (κ1) is 11.8. The quantitative estimate of drug-likeness (QED) is 0.811. The van der Waals surface area contributed by atoms with E-state index in [0.29, 0.717) is 3.95 Å². The minimum atomic E-state index is 0.670. The van der Waals surface area contributed by atoms with Gasteiger partial charge in [0.05, 0.1) is 5.69 Å². The standard InChI is InChI=1S/C10H10BrN3S2/c1-5-3-6(2)8(7(11)4-5)12-9-13-14-10(15)16-9/h3-4H,1-2H3,(H,12,13)(H,14,15). The first-order valence-electron chi connectivity index (χ1n) is 4.65. The highest BCUT2D eigenvalue weighted by Gasteiger charge is 2.06. The zero-order valence-electron chi connectivity index (χ0n) is 8.80. The molecule has 2 aromatic rings. The number of anilines is 2. The van der Waals surface area contributed by atoms with Gasteiger partial charge in [-0.05, 0) is 59.2 Å². The zero-order chi connectivity index (χ0) is 11.7. The van der Waals surface area contributed by atoms with Crippen molar-refractivity contribution in [2.75, 3.05) is 5.32 Å². The van der Waals surface area contributed by atoms with Crippen LogP contribution in [0.5, 0.6) is 0 Å². The molecule has 0 fully saturated rings. The number of aromatic amines is 1. The van der Waals surface area contributed by atoms with E-state index in [4.69, 9.17) is 12.2 Å². The third-order valence-electron chi connectivity index (χ3n) is 2.10. The van der Waals surface area contributed by atoms with Gasteiger partial charge in [0.15, 0.2) is 3.95 Å². The van der Waals surface area contributed by atoms with E-state index in [1.807, 2.05) is 0 Å². The summed E-state index contributed by atoms with van der Waals surface area (Å²) in [7, 11) is 0. The van der Waals surface area contributed by atoms with Gasteiger partial charge >= 0.3 is 0 Å². The predicted molar refractivity (Wildman–Crippen MR) is 74.2 cm³/mol. The van der Waals surface area contributed by atoms with E-state index in [2.05, 4.69) is 57.4 Å². The summed E-state index contributed by atoms with van der Waals surface area (Å²) in [6.07, 6.45) is 0. The number of halogens is 1. The summed E-state index contributed by atoms with van der Waals surface area (Å²) in [6, 6.07) is 4.19. The lowest BCUT2D eigenvalue weighted by molar-refractivity contribution is 1.08. The molecule has 0 saturated carbocycles. The van der Waals surface area contributed by atoms with Crippen LogP contribution in [-0.2, 0) is 0 Å². The van der Waals surface area contributed by atoms with Gasteiger partial charge in [-0.3, -0.25) is 5.10 Å². The molecule has 1 aromatic heterocycles. The second-order valence-corrected chi connectivity index (χ2v) is 6.00. The molecule has 3 nitrogen and oxygen atoms in total. The van der Waals surface area contributed by atoms with Gasteiger partial charge in [-0.25, -0.2) is 0 Å². The van der Waals surface area contributed by atoms with Crippen molar-refractivity contribution in [3.63, 3.8) is 0 Å². The average molecular weight is 316 g/mol. The van der Waals surface area contributed by atoms with Crippen LogP contribution in [0.1, 0.15) is 11.1 Å². The molecule has 16 heavy (non-hydrogen) atoms. The fraction of sp³-hybridized carbons (Fsp3) is 0.200. The van der Waals surface area contributed by atoms with E-state index in [0.717, 1.165) is 15.3 Å². The molecular formula is C10H10BrN3S2. The first-order valence-corrected chi connectivity index (χ1v) is 6.67. The molecule has 2 rings (SSSR count). The predicted octanol–water partition coefficient (Wildman–Crippen LogP) is 4.32. The van der Waals surface area contributed by atoms with Gasteiger partial charge in [0.25, 0.3) is 0 Å². The Morgan fingerprint density at radius 2 is 2.19 bits per heavy atom. The highest BCUT2D eigenvalue weighted by atomic mass is 79.9. The Bertz CT molecular complexity index is 550. The maximum atomic E-state index is 4.98. The van der Waals surface area contributed by atoms with Gasteiger partial charge < -0.3 is 5.32 Å². The van der Waals surface area contributed by atoms with Crippen molar-refractivity contribution in [1.29, 1.82) is 0 Å². The average Bonchev–Trinajstić information content (AvgIpc) is 2.58. The van der Waals surface area contributed by atoms with Gasteiger partial charge in [0.1, 0.15) is 0 Å². The van der Waals surface area contributed by atoms with Crippen molar-refractivity contribution < 1.29 is 0 Å². The van der Waals surface area contributed by atoms with Crippen molar-refractivity contribution in [3.05, 3.63) is 31.7 Å². The lowest BCUT2D eigenvalue weighted by atomic mass is 10.1. The van der Waals surface area contributed by atoms with Gasteiger partial charge in [0.2, 0.25) is 5.13 Å². The first-order chi connectivity index (χ1) is 7.56. The van der Waals surface area contributed by atoms with Crippen LogP contribution in [0.2, 0.25) is 0 Å². The van der Waals surface area contributed by atoms with Crippen LogP contribution in [0, 0.1) is 17.8 Å². The normalized spacial score (nSPS) is 10.4. The van der Waals surface area contributed by atoms with Crippen LogP contribution in [0.25, 0.3) is 0 Å². The van der Waals surface area contributed by atoms with Gasteiger partial charge in [-0.15, -0.1) is 5.10 Å². The van der Waals surface area contributed by atoms with Crippen molar-refractivity contribution in [1.82, 2.24) is 10.2 Å². The summed E-state index contributed by atoms with van der Waals surface area (Å²) in [5.74, 6) is 0. The van der Waals surface area contributed by atoms with Crippen molar-refractivity contribution >= 4 is 50.3 Å². The minimum Gasteiger partial charge on any atom is -0.329 e. The summed E-state index contributed by atoms with van der Waals surface area (Å²) in [6.45, 7) is 4.13. The Balaban J connectivity index is 2.38. The molecule has 1 aromatic carbocycles. The van der Waals surface area contributed by atoms with Crippen LogP contribution in [0.3, 0.4) is 0 Å². The third kappa shape index (κ3) is 2.50. The van der Waals surface area contributed by atoms with Gasteiger partial charge in [-0.1, -0.05) is 17.4 Å². The second-order valence-electron chi connectivity index (χ2n) is 3.48. The van der Waals surface area contributed by atoms with Crippen LogP contribution < -0.4 is 5.32 Å². The molecule has 0 saturated heterocycles. The van der Waals surface area contributed by atoms with E-state index in [1.165, 1.54) is 22.5 Å². The van der Waals surface area contributed by atoms with Gasteiger partial charge in [-0.2, -0.15) is 0 Å². The fourth-order valence-electron chi connectivity index (χ4n) is 1.46. The van der Waals surface area contributed by atoms with Crippen molar-refractivity contribution in [2.45, 2.75) is 13.8 Å². The second kappa shape index (κ2) is 4.65. The van der Waals surface area contributed by atoms with E-state index < -0.39 is 0 Å². The molecule has 0 aliphatic heterocycles. The Morgan fingerprint density at radius 3 is 2.75 bits per heavy atom. The molecule has 0 atom stereocenters. The zero-order valence-corrected chi connectivity index (χ0v) is 12.0. The van der Waals surface area contributed by atoms with Crippen molar-refractivity contribution in [2.24, 2.45) is 0 Å². The smallest absolute Gasteiger partial charge is 0.208 e. The number of H-pyrrole nitrogens is 1. The number of hydrogen-bond donors (Lipinski definition) is 2. The Kier molecular flexibility index (Phi) is 3.41. The van der Waals surface area contributed by atoms with E-state index in [1.54, 1.807) is 0 Å². The number of aryl methyl sites for hydroxylation is 2. The Morgan fingerprint density at radius 1 is 1.44 bits per heavy atom. The molecule has 0 bridgehead atoms. The maximum Gasteiger partial charge on any atom is 0.208 e. The van der Waals surface area contributed by atoms with Crippen LogP contribution in [0.4, 0.5) is 10.8 Å². The molecular weight excluding hydrogens is 306 g/mol. The number of rotatable bonds is 2. The summed E-state index contributed by atoms with van der Waals surface area (Å²) in [5, 5.41) is 10.8. The molecule has 0 spiro atoms. The van der Waals surface area contributed by atoms with E-state index >= 15 is 0 Å². The topological polar surface area (TPSA) is 40.7 Å². The SMILES string of the molecule is Cc1cc(C)c(Nc2n[nH]c(=S)s2)c(Br)c1. The molecule has 0 amide bonds. The largest absolute Gasteiger partial charge is 0.329 e. The molecule has 2 N–H and O–H groups in total. The summed E-state index contributed by atoms with van der Waals surface area (Å²) >= 11 is 9.95. The molecule has 0 radical (unpaired) electrons. The molecule has 84 valence electrons. The Hall–Kier alpha value is -0.720. The van der Waals surface area contributed by atoms with Crippen molar-refractivity contribution in [3.8, 4) is 0 Å². The monoisotopic (exact) mass is 315 g/mol. The Labute approximate surface area is 111 Å². The van der Waals surface area contributed by atoms with Gasteiger partial charge in [0, 0.05) is 4.47 Å². The number of nitrogens with zero attached hydrogens (tertiary/aromatic N) is 1. The van der Waals surface area contributed by atoms with Crippen LogP contribution in [-0.4, -0.2) is 10.2 Å². The van der Waals surface area contributed by atoms with E-state index in [9.17, 15) is 0 Å². The van der Waals surface area contributed by atoms with E-state index in [-0.39, 0.29) is 0 Å². The van der Waals surface area contributed by atoms with Crippen LogP contribution in [0.15, 0.2) is 16.6 Å². The highest BCUT2D eigenvalue weighted by molar-refractivity contribution is 9.10. The molecule has 6 heteroatoms. The molecule has 0 aliphatic rings. The maximum absolute atomic E-state index is 4.98. The summed E-state index contributed by atoms with van der Waals surface area (Å²) in [5.41, 5.74) is 3.43. The summed E-state index contributed by atoms with van der Waals surface area (Å²) in [4.78, 5) is 0. The minimum absolute atomic E-state index is 0.670. The van der Waals surface area contributed by atoms with Crippen LogP contribution >= 0.6 is 39.5 Å². The lowest BCUT2D eigenvalue weighted by Crippen LogP contribution is -1.94. The lowest BCUT2D eigenvalue weighted by Gasteiger charge is -2.10. The number of benzene rings is 1. The highest BCUT2D eigenvalue weighted by Crippen LogP contribution is 2.31. The molecule has 0 unspecified atom stereocenters. The number of aromatic nitrogens is 2. The number of nitrogens with one attached hydrogen (secondary N) is 2. The molecule has 1 heterocycles. The fourth-order valence-corrected chi connectivity index (χ4v) is 3.03. The molecule has 0 aliphatic carbocycles. The third-order valence-corrected chi connectivity index (χ3v) is 3.73. The number of hydrogen-bond acceptors (Lipinski definition) is 4. The summed E-state index contributed by atoms with van der Waals surface area (Å²) < 4.78 is 1.70.